The highest BCUT2D eigenvalue weighted by molar-refractivity contribution is 6.32. The molecule has 144 valence electrons. The van der Waals surface area contributed by atoms with Crippen LogP contribution in [0.25, 0.3) is 0 Å². The van der Waals surface area contributed by atoms with Crippen molar-refractivity contribution < 1.29 is 14.3 Å². The summed E-state index contributed by atoms with van der Waals surface area (Å²) in [5, 5.41) is 0.353. The maximum absolute atomic E-state index is 13.0. The van der Waals surface area contributed by atoms with Crippen LogP contribution in [0.3, 0.4) is 0 Å². The van der Waals surface area contributed by atoms with Crippen molar-refractivity contribution in [3.05, 3.63) is 52.7 Å². The van der Waals surface area contributed by atoms with E-state index >= 15 is 0 Å². The van der Waals surface area contributed by atoms with Gasteiger partial charge in [0.25, 0.3) is 5.91 Å². The monoisotopic (exact) mass is 388 g/mol. The van der Waals surface area contributed by atoms with Crippen molar-refractivity contribution in [1.29, 1.82) is 0 Å². The highest BCUT2D eigenvalue weighted by atomic mass is 35.5. The van der Waals surface area contributed by atoms with Crippen LogP contribution in [0.1, 0.15) is 55.6 Å². The molecule has 1 amide bonds. The topological polar surface area (TPSA) is 51.7 Å². The highest BCUT2D eigenvalue weighted by Gasteiger charge is 2.31. The Hall–Kier alpha value is -2.27. The molecule has 1 atom stereocenters. The van der Waals surface area contributed by atoms with Crippen LogP contribution in [0.5, 0.6) is 11.6 Å². The lowest BCUT2D eigenvalue weighted by molar-refractivity contribution is 0.0735. The summed E-state index contributed by atoms with van der Waals surface area (Å²) in [6.07, 6.45) is 3.42. The minimum absolute atomic E-state index is 0.0285. The molecule has 5 nitrogen and oxygen atoms in total. The van der Waals surface area contributed by atoms with Crippen LogP contribution in [0.15, 0.2) is 36.5 Å². The van der Waals surface area contributed by atoms with Crippen LogP contribution in [-0.4, -0.2) is 35.0 Å². The molecular formula is C21H25ClN2O3. The van der Waals surface area contributed by atoms with E-state index in [-0.39, 0.29) is 18.1 Å². The predicted molar refractivity (Wildman–Crippen MR) is 106 cm³/mol. The molecule has 0 saturated carbocycles. The molecule has 0 aliphatic carbocycles. The molecule has 1 aliphatic rings. The van der Waals surface area contributed by atoms with Gasteiger partial charge in [0.05, 0.1) is 24.3 Å². The van der Waals surface area contributed by atoms with Gasteiger partial charge in [-0.1, -0.05) is 23.7 Å². The average Bonchev–Trinajstić information content (AvgIpc) is 3.13. The lowest BCUT2D eigenvalue weighted by Gasteiger charge is -2.25. The number of aromatic nitrogens is 1. The lowest BCUT2D eigenvalue weighted by Crippen LogP contribution is -2.30. The van der Waals surface area contributed by atoms with Crippen LogP contribution in [0.4, 0.5) is 0 Å². The fourth-order valence-corrected chi connectivity index (χ4v) is 3.54. The van der Waals surface area contributed by atoms with Crippen molar-refractivity contribution in [3.8, 4) is 11.6 Å². The fourth-order valence-electron chi connectivity index (χ4n) is 3.33. The molecular weight excluding hydrogens is 364 g/mol. The number of amides is 1. The van der Waals surface area contributed by atoms with Crippen LogP contribution in [0, 0.1) is 0 Å². The number of hydrogen-bond donors (Lipinski definition) is 0. The molecule has 0 N–H and O–H groups in total. The van der Waals surface area contributed by atoms with E-state index < -0.39 is 0 Å². The van der Waals surface area contributed by atoms with Crippen LogP contribution >= 0.6 is 11.6 Å². The standard InChI is InChI=1S/C21H25ClN2O3/c1-4-26-17-9-7-15(8-10-17)19-6-5-11-24(19)21(25)16-12-18(22)20(23-13-16)27-14(2)3/h7-10,12-14,19H,4-6,11H2,1-3H3. The summed E-state index contributed by atoms with van der Waals surface area (Å²) in [5.74, 6) is 1.14. The molecule has 3 rings (SSSR count). The fraction of sp³-hybridized carbons (Fsp3) is 0.429. The summed E-state index contributed by atoms with van der Waals surface area (Å²) in [5.41, 5.74) is 1.59. The second-order valence-electron chi connectivity index (χ2n) is 6.84. The van der Waals surface area contributed by atoms with Gasteiger partial charge in [0.15, 0.2) is 0 Å². The molecule has 1 saturated heterocycles. The summed E-state index contributed by atoms with van der Waals surface area (Å²) in [7, 11) is 0. The van der Waals surface area contributed by atoms with E-state index in [1.54, 1.807) is 12.3 Å². The Labute approximate surface area is 165 Å². The summed E-state index contributed by atoms with van der Waals surface area (Å²) in [6.45, 7) is 7.13. The summed E-state index contributed by atoms with van der Waals surface area (Å²) in [6, 6.07) is 9.67. The second kappa shape index (κ2) is 8.61. The van der Waals surface area contributed by atoms with Crippen LogP contribution in [0.2, 0.25) is 5.02 Å². The molecule has 0 spiro atoms. The molecule has 1 aromatic carbocycles. The van der Waals surface area contributed by atoms with Crippen molar-refractivity contribution in [2.75, 3.05) is 13.2 Å². The van der Waals surface area contributed by atoms with E-state index in [0.29, 0.717) is 23.1 Å². The lowest BCUT2D eigenvalue weighted by atomic mass is 10.0. The van der Waals surface area contributed by atoms with Crippen LogP contribution < -0.4 is 9.47 Å². The third-order valence-corrected chi connectivity index (χ3v) is 4.76. The number of rotatable bonds is 6. The molecule has 1 aliphatic heterocycles. The zero-order valence-corrected chi connectivity index (χ0v) is 16.7. The second-order valence-corrected chi connectivity index (χ2v) is 7.24. The first-order valence-electron chi connectivity index (χ1n) is 9.35. The first kappa shape index (κ1) is 19.5. The van der Waals surface area contributed by atoms with Gasteiger partial charge in [-0.2, -0.15) is 0 Å². The number of pyridine rings is 1. The van der Waals surface area contributed by atoms with Gasteiger partial charge >= 0.3 is 0 Å². The number of halogens is 1. The minimum Gasteiger partial charge on any atom is -0.494 e. The number of ether oxygens (including phenoxy) is 2. The Balaban J connectivity index is 1.78. The number of carbonyl (C=O) groups is 1. The minimum atomic E-state index is -0.0584. The van der Waals surface area contributed by atoms with Gasteiger partial charge in [0.2, 0.25) is 5.88 Å². The molecule has 0 radical (unpaired) electrons. The Morgan fingerprint density at radius 2 is 2.07 bits per heavy atom. The predicted octanol–water partition coefficient (Wildman–Crippen LogP) is 4.90. The van der Waals surface area contributed by atoms with Crippen molar-refractivity contribution in [3.63, 3.8) is 0 Å². The van der Waals surface area contributed by atoms with Gasteiger partial charge in [0, 0.05) is 12.7 Å². The van der Waals surface area contributed by atoms with Crippen LogP contribution in [-0.2, 0) is 0 Å². The maximum atomic E-state index is 13.0. The molecule has 2 heterocycles. The molecule has 1 unspecified atom stereocenters. The number of nitrogens with zero attached hydrogens (tertiary/aromatic N) is 2. The Bertz CT molecular complexity index is 793. The van der Waals surface area contributed by atoms with E-state index in [2.05, 4.69) is 4.98 Å². The molecule has 0 bridgehead atoms. The van der Waals surface area contributed by atoms with Crippen molar-refractivity contribution in [1.82, 2.24) is 9.88 Å². The number of carbonyl (C=O) groups excluding carboxylic acids is 1. The smallest absolute Gasteiger partial charge is 0.255 e. The third kappa shape index (κ3) is 4.53. The van der Waals surface area contributed by atoms with Crippen molar-refractivity contribution in [2.24, 2.45) is 0 Å². The average molecular weight is 389 g/mol. The zero-order valence-electron chi connectivity index (χ0n) is 15.9. The Morgan fingerprint density at radius 3 is 2.70 bits per heavy atom. The quantitative estimate of drug-likeness (QED) is 0.706. The van der Waals surface area contributed by atoms with Gasteiger partial charge in [0.1, 0.15) is 10.8 Å². The summed E-state index contributed by atoms with van der Waals surface area (Å²) < 4.78 is 11.1. The van der Waals surface area contributed by atoms with Crippen molar-refractivity contribution >= 4 is 17.5 Å². The highest BCUT2D eigenvalue weighted by Crippen LogP contribution is 2.34. The maximum Gasteiger partial charge on any atom is 0.255 e. The normalized spacial score (nSPS) is 16.6. The summed E-state index contributed by atoms with van der Waals surface area (Å²) in [4.78, 5) is 19.2. The van der Waals surface area contributed by atoms with Gasteiger partial charge in [-0.25, -0.2) is 4.98 Å². The largest absolute Gasteiger partial charge is 0.494 e. The van der Waals surface area contributed by atoms with Gasteiger partial charge in [-0.05, 0) is 57.4 Å². The molecule has 2 aromatic rings. The molecule has 1 aromatic heterocycles. The first-order chi connectivity index (χ1) is 13.0. The Kier molecular flexibility index (Phi) is 6.22. The Morgan fingerprint density at radius 1 is 1.33 bits per heavy atom. The molecule has 1 fully saturated rings. The van der Waals surface area contributed by atoms with E-state index in [0.717, 1.165) is 30.7 Å². The molecule has 27 heavy (non-hydrogen) atoms. The third-order valence-electron chi connectivity index (χ3n) is 4.49. The summed E-state index contributed by atoms with van der Waals surface area (Å²) >= 11 is 6.25. The number of likely N-dealkylation sites (tertiary alicyclic amines) is 1. The zero-order chi connectivity index (χ0) is 19.4. The SMILES string of the molecule is CCOc1ccc(C2CCCN2C(=O)c2cnc(OC(C)C)c(Cl)c2)cc1. The van der Waals surface area contributed by atoms with Gasteiger partial charge in [-0.15, -0.1) is 0 Å². The molecule has 6 heteroatoms. The number of hydrogen-bond acceptors (Lipinski definition) is 4. The van der Waals surface area contributed by atoms with E-state index in [1.165, 1.54) is 0 Å². The van der Waals surface area contributed by atoms with E-state index in [4.69, 9.17) is 21.1 Å². The van der Waals surface area contributed by atoms with E-state index in [1.807, 2.05) is 49.9 Å². The first-order valence-corrected chi connectivity index (χ1v) is 9.73. The van der Waals surface area contributed by atoms with Gasteiger partial charge in [-0.3, -0.25) is 4.79 Å². The van der Waals surface area contributed by atoms with Gasteiger partial charge < -0.3 is 14.4 Å². The van der Waals surface area contributed by atoms with Crippen molar-refractivity contribution in [2.45, 2.75) is 45.8 Å². The number of benzene rings is 1. The van der Waals surface area contributed by atoms with E-state index in [9.17, 15) is 4.79 Å².